The molecule has 4 aromatic carbocycles. The van der Waals surface area contributed by atoms with Gasteiger partial charge in [0.1, 0.15) is 23.5 Å². The average molecular weight is 795 g/mol. The molecule has 0 amide bonds. The molecule has 14 heteroatoms. The third-order valence-corrected chi connectivity index (χ3v) is 9.88. The summed E-state index contributed by atoms with van der Waals surface area (Å²) in [5.41, 5.74) is 5.97. The minimum Gasteiger partial charge on any atom is -0.489 e. The average Bonchev–Trinajstić information content (AvgIpc) is 3.85. The molecule has 2 aliphatic heterocycles. The summed E-state index contributed by atoms with van der Waals surface area (Å²) in [6.07, 6.45) is -2.07. The molecule has 2 N–H and O–H groups in total. The molecule has 3 aromatic heterocycles. The first-order valence-corrected chi connectivity index (χ1v) is 17.7. The second kappa shape index (κ2) is 13.7. The van der Waals surface area contributed by atoms with E-state index in [9.17, 15) is 19.8 Å². The summed E-state index contributed by atoms with van der Waals surface area (Å²) in [6, 6.07) is 27.0. The van der Waals surface area contributed by atoms with E-state index in [1.54, 1.807) is 18.2 Å². The van der Waals surface area contributed by atoms with Gasteiger partial charge < -0.3 is 44.9 Å². The Morgan fingerprint density at radius 1 is 0.643 bits per heavy atom. The Bertz CT molecular complexity index is 2930. The molecule has 13 nitrogen and oxygen atoms in total. The summed E-state index contributed by atoms with van der Waals surface area (Å²) in [4.78, 5) is 58.4. The molecule has 5 heterocycles. The topological polar surface area (TPSA) is 180 Å². The van der Waals surface area contributed by atoms with E-state index < -0.39 is 30.9 Å². The fourth-order valence-electron chi connectivity index (χ4n) is 7.16. The molecule has 9 rings (SSSR count). The molecule has 0 saturated carbocycles. The van der Waals surface area contributed by atoms with Crippen LogP contribution in [0.5, 0.6) is 5.75 Å². The molecule has 56 heavy (non-hydrogen) atoms. The van der Waals surface area contributed by atoms with Crippen molar-refractivity contribution in [2.75, 3.05) is 0 Å². The first kappa shape index (κ1) is 36.6. The van der Waals surface area contributed by atoms with Crippen molar-refractivity contribution in [1.82, 2.24) is 34.9 Å². The fourth-order valence-corrected chi connectivity index (χ4v) is 7.16. The summed E-state index contributed by atoms with van der Waals surface area (Å²) >= 11 is 0. The van der Waals surface area contributed by atoms with Crippen LogP contribution in [-0.4, -0.2) is 53.2 Å². The number of hydrogen-bond donors (Lipinski definition) is 2. The van der Waals surface area contributed by atoms with E-state index >= 15 is 0 Å². The van der Waals surface area contributed by atoms with Crippen molar-refractivity contribution < 1.29 is 48.6 Å². The molecule has 272 valence electrons. The second-order valence-corrected chi connectivity index (χ2v) is 14.7. The third kappa shape index (κ3) is 6.35. The number of carbonyl (C=O) groups is 2. The van der Waals surface area contributed by atoms with Gasteiger partial charge >= 0.3 is 31.4 Å². The zero-order valence-corrected chi connectivity index (χ0v) is 33.9. The number of carboxylic acids is 2. The SMILES string of the molecule is C[n+]1c2nc3[n-]c(nc4nc(nc5[n-]c(nc1-c1ccccc1-2)c1cc(C(C)(C)C)ccc51)-c1ccccc1-4)c1ccc(OC(CC(=O)O)CC(=O)O)cc31.[Zn+2]. The molecule has 0 radical (unpaired) electrons. The van der Waals surface area contributed by atoms with Crippen LogP contribution in [0.3, 0.4) is 0 Å². The van der Waals surface area contributed by atoms with Crippen LogP contribution in [0.1, 0.15) is 39.2 Å². The van der Waals surface area contributed by atoms with E-state index in [0.717, 1.165) is 38.6 Å². The molecule has 8 bridgehead atoms. The van der Waals surface area contributed by atoms with Crippen LogP contribution in [0.15, 0.2) is 84.9 Å². The van der Waals surface area contributed by atoms with Gasteiger partial charge in [0.25, 0.3) is 0 Å². The van der Waals surface area contributed by atoms with Gasteiger partial charge in [-0.1, -0.05) is 81.4 Å². The molecule has 2 aliphatic rings. The van der Waals surface area contributed by atoms with Gasteiger partial charge in [0, 0.05) is 44.8 Å². The summed E-state index contributed by atoms with van der Waals surface area (Å²) in [7, 11) is 1.90. The summed E-state index contributed by atoms with van der Waals surface area (Å²) in [5, 5.41) is 21.8. The largest absolute Gasteiger partial charge is 2.00 e. The van der Waals surface area contributed by atoms with E-state index in [-0.39, 0.29) is 30.6 Å². The Kier molecular flexibility index (Phi) is 8.96. The maximum Gasteiger partial charge on any atom is 2.00 e. The van der Waals surface area contributed by atoms with E-state index in [1.165, 1.54) is 0 Å². The minimum atomic E-state index is -1.17. The zero-order valence-electron chi connectivity index (χ0n) is 31.0. The maximum atomic E-state index is 11.6. The number of fused-ring (bicyclic) bond motifs is 20. The number of aliphatic carboxylic acids is 2. The molecule has 0 aliphatic carbocycles. The summed E-state index contributed by atoms with van der Waals surface area (Å²) in [6.45, 7) is 6.51. The van der Waals surface area contributed by atoms with Gasteiger partial charge in [0.05, 0.1) is 31.5 Å². The molecule has 0 fully saturated rings. The van der Waals surface area contributed by atoms with Crippen LogP contribution in [0, 0.1) is 0 Å². The number of nitrogens with zero attached hydrogens (tertiary/aromatic N) is 8. The van der Waals surface area contributed by atoms with E-state index in [4.69, 9.17) is 39.6 Å². The van der Waals surface area contributed by atoms with E-state index in [0.29, 0.717) is 56.7 Å². The molecule has 0 saturated heterocycles. The molecule has 7 aromatic rings. The van der Waals surface area contributed by atoms with Crippen LogP contribution in [0.25, 0.3) is 89.7 Å². The number of carboxylic acid groups (broad SMARTS) is 2. The molecule has 0 atom stereocenters. The summed E-state index contributed by atoms with van der Waals surface area (Å²) in [5.74, 6) is 0.0287. The van der Waals surface area contributed by atoms with Crippen molar-refractivity contribution in [2.24, 2.45) is 7.05 Å². The smallest absolute Gasteiger partial charge is 0.489 e. The predicted molar refractivity (Wildman–Crippen MR) is 205 cm³/mol. The normalized spacial score (nSPS) is 12.0. The van der Waals surface area contributed by atoms with Crippen molar-refractivity contribution in [3.8, 4) is 51.3 Å². The monoisotopic (exact) mass is 793 g/mol. The van der Waals surface area contributed by atoms with Gasteiger partial charge in [-0.05, 0) is 56.8 Å². The third-order valence-electron chi connectivity index (χ3n) is 9.88. The fraction of sp³-hybridized carbons (Fsp3) is 0.190. The van der Waals surface area contributed by atoms with Gasteiger partial charge in [-0.15, -0.1) is 0 Å². The van der Waals surface area contributed by atoms with Crippen molar-refractivity contribution in [3.63, 3.8) is 0 Å². The molecular weight excluding hydrogens is 762 g/mol. The van der Waals surface area contributed by atoms with Crippen LogP contribution >= 0.6 is 0 Å². The molecular formula is C42H33N8O5Zn+. The first-order chi connectivity index (χ1) is 26.4. The van der Waals surface area contributed by atoms with E-state index in [2.05, 4.69) is 39.0 Å². The Hall–Kier alpha value is -6.40. The quantitative estimate of drug-likeness (QED) is 0.137. The minimum absolute atomic E-state index is 0. The predicted octanol–water partition coefficient (Wildman–Crippen LogP) is 6.55. The van der Waals surface area contributed by atoms with Crippen LogP contribution in [0.4, 0.5) is 0 Å². The Morgan fingerprint density at radius 3 is 1.61 bits per heavy atom. The van der Waals surface area contributed by atoms with Gasteiger partial charge in [-0.2, -0.15) is 0 Å². The van der Waals surface area contributed by atoms with Crippen LogP contribution < -0.4 is 19.3 Å². The number of rotatable bonds is 6. The van der Waals surface area contributed by atoms with E-state index in [1.807, 2.05) is 60.1 Å². The van der Waals surface area contributed by atoms with Crippen LogP contribution in [0.2, 0.25) is 0 Å². The van der Waals surface area contributed by atoms with Gasteiger partial charge in [-0.25, -0.2) is 4.98 Å². The number of aromatic nitrogens is 8. The van der Waals surface area contributed by atoms with Gasteiger partial charge in [0.15, 0.2) is 0 Å². The van der Waals surface area contributed by atoms with Crippen molar-refractivity contribution >= 4 is 56.1 Å². The first-order valence-electron chi connectivity index (χ1n) is 17.7. The standard InChI is InChI=1S/C42H34N8O5.Zn/c1-42(2,3)21-13-15-26-30(17-21)38-46-36(26)44-34-24-9-5-6-10-25(24)35(43-34)45-37-27-16-14-22(55-23(19-32(51)52)20-33(53)54)18-31(27)39(47-37)49-41-29-12-8-7-11-28(29)40(48-38)50(41)4;/h5-18,23H,19-20H2,1-4H3,(H3,43,44,45,46,47,48,49,51,52,53,54);/q;+2/p-1. The van der Waals surface area contributed by atoms with Crippen LogP contribution in [-0.2, 0) is 41.5 Å². The summed E-state index contributed by atoms with van der Waals surface area (Å²) < 4.78 is 7.86. The number of benzene rings is 4. The van der Waals surface area contributed by atoms with Crippen molar-refractivity contribution in [1.29, 1.82) is 0 Å². The van der Waals surface area contributed by atoms with Crippen molar-refractivity contribution in [2.45, 2.75) is 45.1 Å². The Morgan fingerprint density at radius 2 is 1.11 bits per heavy atom. The Labute approximate surface area is 332 Å². The molecule has 0 spiro atoms. The number of ether oxygens (including phenoxy) is 1. The van der Waals surface area contributed by atoms with Gasteiger partial charge in [0.2, 0.25) is 0 Å². The van der Waals surface area contributed by atoms with Gasteiger partial charge in [-0.3, -0.25) is 14.2 Å². The van der Waals surface area contributed by atoms with Crippen molar-refractivity contribution in [3.05, 3.63) is 90.5 Å². The second-order valence-electron chi connectivity index (χ2n) is 14.7. The Balaban J connectivity index is 0.00000441. The molecule has 0 unspecified atom stereocenters. The zero-order chi connectivity index (χ0) is 38.2. The maximum absolute atomic E-state index is 11.6. The number of hydrogen-bond acceptors (Lipinski definition) is 8.